The van der Waals surface area contributed by atoms with Crippen LogP contribution in [-0.4, -0.2) is 0 Å². The lowest BCUT2D eigenvalue weighted by Crippen LogP contribution is -2.21. The molecule has 0 amide bonds. The van der Waals surface area contributed by atoms with Crippen molar-refractivity contribution in [3.05, 3.63) is 34.3 Å². The summed E-state index contributed by atoms with van der Waals surface area (Å²) in [7, 11) is 0. The van der Waals surface area contributed by atoms with Crippen molar-refractivity contribution in [1.29, 1.82) is 0 Å². The fourth-order valence-electron chi connectivity index (χ4n) is 2.83. The van der Waals surface area contributed by atoms with Crippen molar-refractivity contribution in [2.75, 3.05) is 0 Å². The van der Waals surface area contributed by atoms with E-state index in [1.165, 1.54) is 44.1 Å². The summed E-state index contributed by atoms with van der Waals surface area (Å²) in [5.74, 6) is 0.609. The number of halogens is 1. The average Bonchev–Trinajstić information content (AvgIpc) is 2.56. The van der Waals surface area contributed by atoms with Gasteiger partial charge in [0.15, 0.2) is 0 Å². The van der Waals surface area contributed by atoms with E-state index in [4.69, 9.17) is 17.3 Å². The zero-order chi connectivity index (χ0) is 12.3. The van der Waals surface area contributed by atoms with Crippen molar-refractivity contribution in [3.63, 3.8) is 0 Å². The normalized spacial score (nSPS) is 19.9. The Bertz CT molecular complexity index is 367. The molecule has 1 aliphatic rings. The highest BCUT2D eigenvalue weighted by atomic mass is 35.5. The van der Waals surface area contributed by atoms with Gasteiger partial charge in [0.05, 0.1) is 0 Å². The summed E-state index contributed by atoms with van der Waals surface area (Å²) in [6, 6.07) is 6.35. The van der Waals surface area contributed by atoms with Crippen LogP contribution >= 0.6 is 11.6 Å². The molecule has 2 N–H and O–H groups in total. The summed E-state index contributed by atoms with van der Waals surface area (Å²) < 4.78 is 0. The molecule has 0 spiro atoms. The third-order valence-corrected chi connectivity index (χ3v) is 4.25. The fraction of sp³-hybridized carbons (Fsp3) is 0.600. The molecule has 0 saturated heterocycles. The standard InChI is InChI=1S/C15H22ClN/c1-11-8-9-13(14(16)10-11)15(17)12-6-4-2-3-5-7-12/h8-10,12,15H,2-7,17H2,1H3. The molecule has 17 heavy (non-hydrogen) atoms. The smallest absolute Gasteiger partial charge is 0.0456 e. The highest BCUT2D eigenvalue weighted by Gasteiger charge is 2.22. The van der Waals surface area contributed by atoms with E-state index in [0.29, 0.717) is 5.92 Å². The van der Waals surface area contributed by atoms with Crippen molar-refractivity contribution in [2.45, 2.75) is 51.5 Å². The molecule has 1 nitrogen and oxygen atoms in total. The van der Waals surface area contributed by atoms with Crippen LogP contribution in [0.4, 0.5) is 0 Å². The minimum Gasteiger partial charge on any atom is -0.324 e. The molecular formula is C15H22ClN. The molecule has 0 bridgehead atoms. The van der Waals surface area contributed by atoms with Crippen LogP contribution in [0.3, 0.4) is 0 Å². The van der Waals surface area contributed by atoms with Crippen molar-refractivity contribution in [1.82, 2.24) is 0 Å². The van der Waals surface area contributed by atoms with Gasteiger partial charge in [0.1, 0.15) is 0 Å². The number of benzene rings is 1. The first-order chi connectivity index (χ1) is 8.18. The summed E-state index contributed by atoms with van der Waals surface area (Å²) in [4.78, 5) is 0. The van der Waals surface area contributed by atoms with E-state index in [-0.39, 0.29) is 6.04 Å². The van der Waals surface area contributed by atoms with Crippen LogP contribution in [0.1, 0.15) is 55.7 Å². The van der Waals surface area contributed by atoms with Crippen LogP contribution in [0.2, 0.25) is 5.02 Å². The van der Waals surface area contributed by atoms with Gasteiger partial charge < -0.3 is 5.73 Å². The molecule has 0 aliphatic heterocycles. The second-order valence-electron chi connectivity index (χ2n) is 5.30. The van der Waals surface area contributed by atoms with Gasteiger partial charge in [-0.1, -0.05) is 49.4 Å². The molecule has 0 radical (unpaired) electrons. The molecular weight excluding hydrogens is 230 g/mol. The zero-order valence-corrected chi connectivity index (χ0v) is 11.3. The van der Waals surface area contributed by atoms with Crippen LogP contribution < -0.4 is 5.73 Å². The number of hydrogen-bond acceptors (Lipinski definition) is 1. The molecule has 2 heteroatoms. The van der Waals surface area contributed by atoms with Crippen LogP contribution in [-0.2, 0) is 0 Å². The molecule has 1 aromatic carbocycles. The van der Waals surface area contributed by atoms with Crippen molar-refractivity contribution in [3.8, 4) is 0 Å². The lowest BCUT2D eigenvalue weighted by Gasteiger charge is -2.23. The number of rotatable bonds is 2. The highest BCUT2D eigenvalue weighted by Crippen LogP contribution is 2.34. The van der Waals surface area contributed by atoms with Crippen molar-refractivity contribution < 1.29 is 0 Å². The quantitative estimate of drug-likeness (QED) is 0.763. The number of hydrogen-bond donors (Lipinski definition) is 1. The van der Waals surface area contributed by atoms with Crippen molar-refractivity contribution >= 4 is 11.6 Å². The van der Waals surface area contributed by atoms with Gasteiger partial charge in [-0.15, -0.1) is 0 Å². The lowest BCUT2D eigenvalue weighted by atomic mass is 9.87. The van der Waals surface area contributed by atoms with Crippen LogP contribution in [0, 0.1) is 12.8 Å². The molecule has 1 saturated carbocycles. The van der Waals surface area contributed by atoms with Gasteiger partial charge in [-0.25, -0.2) is 0 Å². The average molecular weight is 252 g/mol. The summed E-state index contributed by atoms with van der Waals surface area (Å²) in [5.41, 5.74) is 8.74. The summed E-state index contributed by atoms with van der Waals surface area (Å²) in [6.45, 7) is 2.06. The Morgan fingerprint density at radius 1 is 1.18 bits per heavy atom. The van der Waals surface area contributed by atoms with E-state index < -0.39 is 0 Å². The molecule has 0 aromatic heterocycles. The minimum absolute atomic E-state index is 0.112. The largest absolute Gasteiger partial charge is 0.324 e. The lowest BCUT2D eigenvalue weighted by molar-refractivity contribution is 0.382. The van der Waals surface area contributed by atoms with Crippen molar-refractivity contribution in [2.24, 2.45) is 11.7 Å². The Balaban J connectivity index is 2.14. The first kappa shape index (κ1) is 12.9. The molecule has 1 aliphatic carbocycles. The van der Waals surface area contributed by atoms with E-state index in [0.717, 1.165) is 10.6 Å². The monoisotopic (exact) mass is 251 g/mol. The maximum atomic E-state index is 6.41. The van der Waals surface area contributed by atoms with Gasteiger partial charge >= 0.3 is 0 Å². The maximum Gasteiger partial charge on any atom is 0.0456 e. The third kappa shape index (κ3) is 3.23. The Kier molecular flexibility index (Phi) is 4.47. The Morgan fingerprint density at radius 2 is 1.82 bits per heavy atom. The molecule has 1 atom stereocenters. The molecule has 0 heterocycles. The first-order valence-corrected chi connectivity index (χ1v) is 7.08. The molecule has 94 valence electrons. The van der Waals surface area contributed by atoms with Crippen LogP contribution in [0.25, 0.3) is 0 Å². The predicted molar refractivity (Wildman–Crippen MR) is 74.3 cm³/mol. The Hall–Kier alpha value is -0.530. The highest BCUT2D eigenvalue weighted by molar-refractivity contribution is 6.31. The molecule has 2 rings (SSSR count). The molecule has 1 aromatic rings. The molecule has 1 unspecified atom stereocenters. The zero-order valence-electron chi connectivity index (χ0n) is 10.6. The number of nitrogens with two attached hydrogens (primary N) is 1. The van der Waals surface area contributed by atoms with Gasteiger partial charge in [-0.05, 0) is 42.9 Å². The van der Waals surface area contributed by atoms with Crippen LogP contribution in [0.15, 0.2) is 18.2 Å². The topological polar surface area (TPSA) is 26.0 Å². The summed E-state index contributed by atoms with van der Waals surface area (Å²) in [5, 5.41) is 0.835. The number of aryl methyl sites for hydroxylation is 1. The minimum atomic E-state index is 0.112. The first-order valence-electron chi connectivity index (χ1n) is 6.70. The third-order valence-electron chi connectivity index (χ3n) is 3.92. The van der Waals surface area contributed by atoms with E-state index >= 15 is 0 Å². The SMILES string of the molecule is Cc1ccc(C(N)C2CCCCCC2)c(Cl)c1. The van der Waals surface area contributed by atoms with Gasteiger partial charge in [0, 0.05) is 11.1 Å². The van der Waals surface area contributed by atoms with E-state index in [1.807, 2.05) is 6.07 Å². The summed E-state index contributed by atoms with van der Waals surface area (Å²) in [6.07, 6.45) is 7.89. The van der Waals surface area contributed by atoms with E-state index in [9.17, 15) is 0 Å². The van der Waals surface area contributed by atoms with Gasteiger partial charge in [-0.2, -0.15) is 0 Å². The predicted octanol–water partition coefficient (Wildman–Crippen LogP) is 4.62. The summed E-state index contributed by atoms with van der Waals surface area (Å²) >= 11 is 6.30. The Labute approximate surface area is 109 Å². The second-order valence-corrected chi connectivity index (χ2v) is 5.71. The van der Waals surface area contributed by atoms with E-state index in [2.05, 4.69) is 19.1 Å². The van der Waals surface area contributed by atoms with Gasteiger partial charge in [-0.3, -0.25) is 0 Å². The van der Waals surface area contributed by atoms with Gasteiger partial charge in [0.2, 0.25) is 0 Å². The van der Waals surface area contributed by atoms with E-state index in [1.54, 1.807) is 0 Å². The molecule has 1 fully saturated rings. The second kappa shape index (κ2) is 5.88. The Morgan fingerprint density at radius 3 is 2.41 bits per heavy atom. The maximum absolute atomic E-state index is 6.41. The van der Waals surface area contributed by atoms with Gasteiger partial charge in [0.25, 0.3) is 0 Å². The fourth-order valence-corrected chi connectivity index (χ4v) is 3.19. The van der Waals surface area contributed by atoms with Crippen LogP contribution in [0.5, 0.6) is 0 Å².